The van der Waals surface area contributed by atoms with Crippen molar-refractivity contribution in [1.29, 1.82) is 0 Å². The van der Waals surface area contributed by atoms with E-state index in [0.717, 1.165) is 52.0 Å². The number of aliphatic hydroxyl groups is 1. The van der Waals surface area contributed by atoms with E-state index in [-0.39, 0.29) is 12.2 Å². The lowest BCUT2D eigenvalue weighted by molar-refractivity contribution is 0.0123. The van der Waals surface area contributed by atoms with Gasteiger partial charge in [0, 0.05) is 32.7 Å². The van der Waals surface area contributed by atoms with Crippen LogP contribution in [0.15, 0.2) is 0 Å². The standard InChI is InChI=1S/C16H30N2O3/c1-16(2,3)21-15(20)18-8-4-5-13(12-18)11-17-9-6-14(19)7-10-17/h13-14,19H,4-12H2,1-3H3/t13-/m1/s1. The van der Waals surface area contributed by atoms with Crippen LogP contribution in [0.3, 0.4) is 0 Å². The molecule has 0 aromatic heterocycles. The number of aliphatic hydroxyl groups excluding tert-OH is 1. The molecule has 0 radical (unpaired) electrons. The van der Waals surface area contributed by atoms with Crippen molar-refractivity contribution in [3.8, 4) is 0 Å². The van der Waals surface area contributed by atoms with Crippen molar-refractivity contribution in [2.75, 3.05) is 32.7 Å². The van der Waals surface area contributed by atoms with Gasteiger partial charge in [-0.15, -0.1) is 0 Å². The highest BCUT2D eigenvalue weighted by Crippen LogP contribution is 2.21. The molecule has 0 bridgehead atoms. The Bertz CT molecular complexity index is 346. The first kappa shape index (κ1) is 16.6. The van der Waals surface area contributed by atoms with E-state index in [9.17, 15) is 9.90 Å². The fourth-order valence-corrected chi connectivity index (χ4v) is 3.17. The van der Waals surface area contributed by atoms with Crippen LogP contribution in [0.25, 0.3) is 0 Å². The second-order valence-corrected chi connectivity index (χ2v) is 7.47. The van der Waals surface area contributed by atoms with Crippen molar-refractivity contribution in [2.24, 2.45) is 5.92 Å². The maximum atomic E-state index is 12.2. The first-order chi connectivity index (χ1) is 9.83. The summed E-state index contributed by atoms with van der Waals surface area (Å²) in [6, 6.07) is 0. The summed E-state index contributed by atoms with van der Waals surface area (Å²) < 4.78 is 5.47. The molecule has 2 fully saturated rings. The topological polar surface area (TPSA) is 53.0 Å². The zero-order chi connectivity index (χ0) is 15.5. The van der Waals surface area contributed by atoms with Crippen molar-refractivity contribution in [3.05, 3.63) is 0 Å². The van der Waals surface area contributed by atoms with Crippen LogP contribution in [0, 0.1) is 5.92 Å². The number of rotatable bonds is 2. The molecule has 1 atom stereocenters. The van der Waals surface area contributed by atoms with Gasteiger partial charge in [-0.25, -0.2) is 4.79 Å². The van der Waals surface area contributed by atoms with Gasteiger partial charge in [-0.05, 0) is 52.4 Å². The van der Waals surface area contributed by atoms with Crippen LogP contribution in [-0.4, -0.2) is 65.4 Å². The molecule has 1 N–H and O–H groups in total. The summed E-state index contributed by atoms with van der Waals surface area (Å²) in [5.74, 6) is 0.529. The van der Waals surface area contributed by atoms with Crippen molar-refractivity contribution >= 4 is 6.09 Å². The first-order valence-electron chi connectivity index (χ1n) is 8.22. The van der Waals surface area contributed by atoms with Gasteiger partial charge in [-0.2, -0.15) is 0 Å². The number of nitrogens with zero attached hydrogens (tertiary/aromatic N) is 2. The quantitative estimate of drug-likeness (QED) is 0.848. The fraction of sp³-hybridized carbons (Fsp3) is 0.938. The van der Waals surface area contributed by atoms with E-state index < -0.39 is 5.60 Å². The summed E-state index contributed by atoms with van der Waals surface area (Å²) >= 11 is 0. The lowest BCUT2D eigenvalue weighted by Crippen LogP contribution is -2.47. The van der Waals surface area contributed by atoms with Gasteiger partial charge in [0.1, 0.15) is 5.60 Å². The summed E-state index contributed by atoms with van der Waals surface area (Å²) in [5, 5.41) is 9.56. The molecule has 2 saturated heterocycles. The Balaban J connectivity index is 1.79. The van der Waals surface area contributed by atoms with Gasteiger partial charge in [0.25, 0.3) is 0 Å². The molecule has 1 amide bonds. The Morgan fingerprint density at radius 2 is 1.86 bits per heavy atom. The molecule has 2 heterocycles. The predicted octanol–water partition coefficient (Wildman–Crippen LogP) is 2.09. The Morgan fingerprint density at radius 1 is 1.19 bits per heavy atom. The molecule has 2 aliphatic heterocycles. The van der Waals surface area contributed by atoms with Gasteiger partial charge in [-0.3, -0.25) is 0 Å². The van der Waals surface area contributed by atoms with Gasteiger partial charge in [0.05, 0.1) is 6.10 Å². The number of carbonyl (C=O) groups is 1. The Kier molecular flexibility index (Phi) is 5.49. The van der Waals surface area contributed by atoms with Crippen LogP contribution in [-0.2, 0) is 4.74 Å². The lowest BCUT2D eigenvalue weighted by atomic mass is 9.96. The van der Waals surface area contributed by atoms with Crippen LogP contribution in [0.1, 0.15) is 46.5 Å². The molecule has 5 nitrogen and oxygen atoms in total. The zero-order valence-electron chi connectivity index (χ0n) is 13.7. The number of amides is 1. The Hall–Kier alpha value is -0.810. The minimum Gasteiger partial charge on any atom is -0.444 e. The number of ether oxygens (including phenoxy) is 1. The summed E-state index contributed by atoms with van der Waals surface area (Å²) in [7, 11) is 0. The fourth-order valence-electron chi connectivity index (χ4n) is 3.17. The number of hydrogen-bond donors (Lipinski definition) is 1. The number of carbonyl (C=O) groups excluding carboxylic acids is 1. The average Bonchev–Trinajstić information content (AvgIpc) is 2.40. The van der Waals surface area contributed by atoms with E-state index in [0.29, 0.717) is 5.92 Å². The summed E-state index contributed by atoms with van der Waals surface area (Å²) in [4.78, 5) is 16.4. The van der Waals surface area contributed by atoms with E-state index in [1.54, 1.807) is 0 Å². The third-order valence-electron chi connectivity index (χ3n) is 4.24. The second-order valence-electron chi connectivity index (χ2n) is 7.47. The van der Waals surface area contributed by atoms with Crippen molar-refractivity contribution in [1.82, 2.24) is 9.80 Å². The molecule has 21 heavy (non-hydrogen) atoms. The van der Waals surface area contributed by atoms with Crippen LogP contribution < -0.4 is 0 Å². The number of likely N-dealkylation sites (tertiary alicyclic amines) is 2. The van der Waals surface area contributed by atoms with E-state index in [1.807, 2.05) is 25.7 Å². The highest BCUT2D eigenvalue weighted by Gasteiger charge is 2.29. The third kappa shape index (κ3) is 5.47. The minimum absolute atomic E-state index is 0.120. The van der Waals surface area contributed by atoms with Gasteiger partial charge < -0.3 is 19.6 Å². The Labute approximate surface area is 128 Å². The minimum atomic E-state index is -0.424. The van der Waals surface area contributed by atoms with Gasteiger partial charge >= 0.3 is 6.09 Å². The number of hydrogen-bond acceptors (Lipinski definition) is 4. The molecule has 2 rings (SSSR count). The zero-order valence-corrected chi connectivity index (χ0v) is 13.7. The largest absolute Gasteiger partial charge is 0.444 e. The van der Waals surface area contributed by atoms with E-state index >= 15 is 0 Å². The molecule has 0 aromatic rings. The van der Waals surface area contributed by atoms with Crippen molar-refractivity contribution in [2.45, 2.75) is 58.2 Å². The predicted molar refractivity (Wildman–Crippen MR) is 82.2 cm³/mol. The molecule has 0 unspecified atom stereocenters. The molecule has 0 spiro atoms. The maximum Gasteiger partial charge on any atom is 0.410 e. The molecular weight excluding hydrogens is 268 g/mol. The van der Waals surface area contributed by atoms with Crippen LogP contribution in [0.4, 0.5) is 4.79 Å². The van der Waals surface area contributed by atoms with Crippen molar-refractivity contribution in [3.63, 3.8) is 0 Å². The third-order valence-corrected chi connectivity index (χ3v) is 4.24. The van der Waals surface area contributed by atoms with E-state index in [4.69, 9.17) is 4.74 Å². The molecule has 0 saturated carbocycles. The van der Waals surface area contributed by atoms with Gasteiger partial charge in [-0.1, -0.05) is 0 Å². The molecule has 5 heteroatoms. The molecule has 122 valence electrons. The van der Waals surface area contributed by atoms with E-state index in [1.165, 1.54) is 6.42 Å². The first-order valence-corrected chi connectivity index (χ1v) is 8.22. The normalized spacial score (nSPS) is 25.9. The summed E-state index contributed by atoms with van der Waals surface area (Å²) in [6.07, 6.45) is 3.69. The highest BCUT2D eigenvalue weighted by molar-refractivity contribution is 5.68. The van der Waals surface area contributed by atoms with Crippen LogP contribution in [0.2, 0.25) is 0 Å². The lowest BCUT2D eigenvalue weighted by Gasteiger charge is -2.38. The van der Waals surface area contributed by atoms with Crippen molar-refractivity contribution < 1.29 is 14.6 Å². The van der Waals surface area contributed by atoms with Crippen LogP contribution in [0.5, 0.6) is 0 Å². The number of piperidine rings is 2. The van der Waals surface area contributed by atoms with E-state index in [2.05, 4.69) is 4.90 Å². The summed E-state index contributed by atoms with van der Waals surface area (Å²) in [5.41, 5.74) is -0.424. The maximum absolute atomic E-state index is 12.2. The molecule has 0 aliphatic carbocycles. The monoisotopic (exact) mass is 298 g/mol. The highest BCUT2D eigenvalue weighted by atomic mass is 16.6. The second kappa shape index (κ2) is 6.97. The average molecular weight is 298 g/mol. The van der Waals surface area contributed by atoms with Gasteiger partial charge in [0.2, 0.25) is 0 Å². The Morgan fingerprint density at radius 3 is 2.48 bits per heavy atom. The van der Waals surface area contributed by atoms with Gasteiger partial charge in [0.15, 0.2) is 0 Å². The molecule has 2 aliphatic rings. The molecular formula is C16H30N2O3. The SMILES string of the molecule is CC(C)(C)OC(=O)N1CCC[C@H](CN2CCC(O)CC2)C1. The molecule has 0 aromatic carbocycles. The summed E-state index contributed by atoms with van der Waals surface area (Å²) in [6.45, 7) is 10.3. The van der Waals surface area contributed by atoms with Crippen LogP contribution >= 0.6 is 0 Å². The smallest absolute Gasteiger partial charge is 0.410 e.